The van der Waals surface area contributed by atoms with E-state index in [0.717, 1.165) is 6.07 Å². The van der Waals surface area contributed by atoms with Crippen molar-refractivity contribution in [3.8, 4) is 0 Å². The standard InChI is InChI=1S/C19H24F3N5/c1-13-6-5-7-15(14(13)2)26-8-10-27(11-9-26)18-23-16(19(20,21)22)12-17(24-18)25(3)4/h5-7,12H,8-11H2,1-4H3. The Morgan fingerprint density at radius 2 is 1.59 bits per heavy atom. The van der Waals surface area contributed by atoms with Gasteiger partial charge in [0, 0.05) is 52.0 Å². The molecule has 8 heteroatoms. The Bertz CT molecular complexity index is 811. The molecule has 0 spiro atoms. The summed E-state index contributed by atoms with van der Waals surface area (Å²) in [7, 11) is 3.34. The van der Waals surface area contributed by atoms with Gasteiger partial charge in [-0.15, -0.1) is 0 Å². The van der Waals surface area contributed by atoms with E-state index >= 15 is 0 Å². The van der Waals surface area contributed by atoms with Gasteiger partial charge in [0.2, 0.25) is 5.95 Å². The van der Waals surface area contributed by atoms with Gasteiger partial charge in [-0.1, -0.05) is 12.1 Å². The molecule has 1 aromatic carbocycles. The third kappa shape index (κ3) is 4.09. The summed E-state index contributed by atoms with van der Waals surface area (Å²) in [4.78, 5) is 13.8. The molecule has 0 saturated carbocycles. The average molecular weight is 379 g/mol. The van der Waals surface area contributed by atoms with Crippen LogP contribution in [0.15, 0.2) is 24.3 Å². The van der Waals surface area contributed by atoms with Gasteiger partial charge in [-0.2, -0.15) is 18.2 Å². The topological polar surface area (TPSA) is 35.5 Å². The molecule has 1 aromatic heterocycles. The minimum atomic E-state index is -4.50. The number of hydrogen-bond acceptors (Lipinski definition) is 5. The maximum absolute atomic E-state index is 13.2. The second-order valence-electron chi connectivity index (χ2n) is 7.00. The van der Waals surface area contributed by atoms with Gasteiger partial charge < -0.3 is 14.7 Å². The fourth-order valence-corrected chi connectivity index (χ4v) is 3.16. The summed E-state index contributed by atoms with van der Waals surface area (Å²) >= 11 is 0. The molecule has 1 aliphatic heterocycles. The van der Waals surface area contributed by atoms with Crippen molar-refractivity contribution in [2.45, 2.75) is 20.0 Å². The van der Waals surface area contributed by atoms with Crippen LogP contribution in [0, 0.1) is 13.8 Å². The van der Waals surface area contributed by atoms with E-state index in [2.05, 4.69) is 40.8 Å². The number of aryl methyl sites for hydroxylation is 1. The van der Waals surface area contributed by atoms with Crippen LogP contribution in [0.5, 0.6) is 0 Å². The minimum Gasteiger partial charge on any atom is -0.368 e. The number of halogens is 3. The number of rotatable bonds is 3. The molecule has 0 aliphatic carbocycles. The molecule has 1 aliphatic rings. The Morgan fingerprint density at radius 3 is 2.19 bits per heavy atom. The third-order valence-electron chi connectivity index (χ3n) is 4.93. The first kappa shape index (κ1) is 19.3. The van der Waals surface area contributed by atoms with Crippen LogP contribution in [0.3, 0.4) is 0 Å². The summed E-state index contributed by atoms with van der Waals surface area (Å²) in [6.07, 6.45) is -4.50. The van der Waals surface area contributed by atoms with E-state index < -0.39 is 11.9 Å². The van der Waals surface area contributed by atoms with Crippen LogP contribution in [-0.2, 0) is 6.18 Å². The van der Waals surface area contributed by atoms with E-state index in [1.165, 1.54) is 16.8 Å². The molecular formula is C19H24F3N5. The predicted molar refractivity (Wildman–Crippen MR) is 102 cm³/mol. The SMILES string of the molecule is Cc1cccc(N2CCN(c3nc(N(C)C)cc(C(F)(F)F)n3)CC2)c1C. The average Bonchev–Trinajstić information content (AvgIpc) is 2.63. The molecule has 0 unspecified atom stereocenters. The van der Waals surface area contributed by atoms with Gasteiger partial charge in [0.1, 0.15) is 5.82 Å². The molecule has 27 heavy (non-hydrogen) atoms. The zero-order valence-corrected chi connectivity index (χ0v) is 16.0. The third-order valence-corrected chi connectivity index (χ3v) is 4.93. The molecule has 146 valence electrons. The van der Waals surface area contributed by atoms with Gasteiger partial charge in [-0.25, -0.2) is 4.98 Å². The lowest BCUT2D eigenvalue weighted by Crippen LogP contribution is -2.47. The first-order valence-electron chi connectivity index (χ1n) is 8.86. The molecule has 0 atom stereocenters. The first-order valence-corrected chi connectivity index (χ1v) is 8.86. The molecule has 2 aromatic rings. The van der Waals surface area contributed by atoms with E-state index in [1.807, 2.05) is 11.0 Å². The molecule has 0 bridgehead atoms. The van der Waals surface area contributed by atoms with Gasteiger partial charge in [0.25, 0.3) is 0 Å². The van der Waals surface area contributed by atoms with Crippen molar-refractivity contribution in [3.63, 3.8) is 0 Å². The highest BCUT2D eigenvalue weighted by atomic mass is 19.4. The molecule has 1 saturated heterocycles. The van der Waals surface area contributed by atoms with E-state index in [4.69, 9.17) is 0 Å². The van der Waals surface area contributed by atoms with Crippen molar-refractivity contribution >= 4 is 17.5 Å². The van der Waals surface area contributed by atoms with Crippen LogP contribution in [0.4, 0.5) is 30.6 Å². The Balaban J connectivity index is 1.81. The van der Waals surface area contributed by atoms with Crippen LogP contribution in [0.25, 0.3) is 0 Å². The first-order chi connectivity index (χ1) is 12.7. The Kier molecular flexibility index (Phi) is 5.17. The molecular weight excluding hydrogens is 355 g/mol. The highest BCUT2D eigenvalue weighted by Gasteiger charge is 2.35. The number of piperazine rings is 1. The summed E-state index contributed by atoms with van der Waals surface area (Å²) in [5, 5.41) is 0. The summed E-state index contributed by atoms with van der Waals surface area (Å²) in [6.45, 7) is 6.73. The number of aromatic nitrogens is 2. The Labute approximate surface area is 157 Å². The van der Waals surface area contributed by atoms with Gasteiger partial charge in [-0.3, -0.25) is 0 Å². The molecule has 0 radical (unpaired) electrons. The van der Waals surface area contributed by atoms with Gasteiger partial charge >= 0.3 is 6.18 Å². The monoisotopic (exact) mass is 379 g/mol. The van der Waals surface area contributed by atoms with Gasteiger partial charge in [0.05, 0.1) is 0 Å². The lowest BCUT2D eigenvalue weighted by atomic mass is 10.1. The summed E-state index contributed by atoms with van der Waals surface area (Å²) < 4.78 is 39.6. The van der Waals surface area contributed by atoms with E-state index in [0.29, 0.717) is 26.2 Å². The summed E-state index contributed by atoms with van der Waals surface area (Å²) in [6, 6.07) is 7.18. The quantitative estimate of drug-likeness (QED) is 0.816. The number of benzene rings is 1. The Morgan fingerprint density at radius 1 is 0.963 bits per heavy atom. The number of alkyl halides is 3. The van der Waals surface area contributed by atoms with Crippen molar-refractivity contribution in [1.82, 2.24) is 9.97 Å². The molecule has 5 nitrogen and oxygen atoms in total. The van der Waals surface area contributed by atoms with Crippen LogP contribution in [-0.4, -0.2) is 50.2 Å². The van der Waals surface area contributed by atoms with Crippen molar-refractivity contribution in [1.29, 1.82) is 0 Å². The minimum absolute atomic E-state index is 0.133. The predicted octanol–water partition coefficient (Wildman–Crippen LogP) is 3.50. The maximum Gasteiger partial charge on any atom is 0.433 e. The molecule has 0 amide bonds. The fraction of sp³-hybridized carbons (Fsp3) is 0.474. The Hall–Kier alpha value is -2.51. The van der Waals surface area contributed by atoms with Crippen LogP contribution in [0.1, 0.15) is 16.8 Å². The van der Waals surface area contributed by atoms with Crippen molar-refractivity contribution in [2.75, 3.05) is 55.0 Å². The summed E-state index contributed by atoms with van der Waals surface area (Å²) in [5.41, 5.74) is 2.73. The normalized spacial score (nSPS) is 15.2. The van der Waals surface area contributed by atoms with Gasteiger partial charge in [0.15, 0.2) is 5.69 Å². The highest BCUT2D eigenvalue weighted by Crippen LogP contribution is 2.31. The van der Waals surface area contributed by atoms with Crippen LogP contribution < -0.4 is 14.7 Å². The lowest BCUT2D eigenvalue weighted by molar-refractivity contribution is -0.141. The highest BCUT2D eigenvalue weighted by molar-refractivity contribution is 5.57. The maximum atomic E-state index is 13.2. The van der Waals surface area contributed by atoms with E-state index in [1.54, 1.807) is 19.0 Å². The van der Waals surface area contributed by atoms with Crippen molar-refractivity contribution < 1.29 is 13.2 Å². The lowest BCUT2D eigenvalue weighted by Gasteiger charge is -2.37. The van der Waals surface area contributed by atoms with Crippen molar-refractivity contribution in [3.05, 3.63) is 41.1 Å². The van der Waals surface area contributed by atoms with E-state index in [9.17, 15) is 13.2 Å². The fourth-order valence-electron chi connectivity index (χ4n) is 3.16. The van der Waals surface area contributed by atoms with Crippen LogP contribution in [0.2, 0.25) is 0 Å². The number of nitrogens with zero attached hydrogens (tertiary/aromatic N) is 5. The molecule has 2 heterocycles. The number of anilines is 3. The van der Waals surface area contributed by atoms with Gasteiger partial charge in [-0.05, 0) is 31.0 Å². The second-order valence-corrected chi connectivity index (χ2v) is 7.00. The van der Waals surface area contributed by atoms with Crippen LogP contribution >= 0.6 is 0 Å². The molecule has 3 rings (SSSR count). The number of hydrogen-bond donors (Lipinski definition) is 0. The molecule has 1 fully saturated rings. The van der Waals surface area contributed by atoms with E-state index in [-0.39, 0.29) is 11.8 Å². The van der Waals surface area contributed by atoms with Crippen molar-refractivity contribution in [2.24, 2.45) is 0 Å². The largest absolute Gasteiger partial charge is 0.433 e. The molecule has 0 N–H and O–H groups in total. The zero-order valence-electron chi connectivity index (χ0n) is 16.0. The smallest absolute Gasteiger partial charge is 0.368 e. The summed E-state index contributed by atoms with van der Waals surface area (Å²) in [5.74, 6) is 0.387. The zero-order chi connectivity index (χ0) is 19.8. The second kappa shape index (κ2) is 7.25.